The first-order chi connectivity index (χ1) is 12.7. The Morgan fingerprint density at radius 1 is 1.19 bits per heavy atom. The molecule has 3 aromatic heterocycles. The van der Waals surface area contributed by atoms with E-state index in [0.29, 0.717) is 28.4 Å². The van der Waals surface area contributed by atoms with E-state index in [1.807, 2.05) is 35.0 Å². The average molecular weight is 366 g/mol. The van der Waals surface area contributed by atoms with Crippen LogP contribution in [0.25, 0.3) is 16.2 Å². The number of pyridine rings is 1. The Hall–Kier alpha value is -3.06. The zero-order chi connectivity index (χ0) is 17.9. The second-order valence-electron chi connectivity index (χ2n) is 5.71. The van der Waals surface area contributed by atoms with Crippen LogP contribution in [-0.2, 0) is 6.42 Å². The molecule has 0 atom stereocenters. The first-order valence-electron chi connectivity index (χ1n) is 8.12. The molecule has 1 aromatic carbocycles. The summed E-state index contributed by atoms with van der Waals surface area (Å²) in [6.45, 7) is 0.468. The molecule has 0 aliphatic rings. The molecular formula is C19H15FN4OS. The predicted molar refractivity (Wildman–Crippen MR) is 98.7 cm³/mol. The normalized spacial score (nSPS) is 11.0. The van der Waals surface area contributed by atoms with E-state index in [-0.39, 0.29) is 11.7 Å². The highest BCUT2D eigenvalue weighted by Crippen LogP contribution is 2.27. The SMILES string of the molecule is O=C(NCCc1cn2ccccc2n1)c1cnc(-c2ccccc2F)s1. The van der Waals surface area contributed by atoms with Crippen molar-refractivity contribution >= 4 is 22.9 Å². The number of aromatic nitrogens is 3. The van der Waals surface area contributed by atoms with Crippen molar-refractivity contribution in [2.45, 2.75) is 6.42 Å². The minimum atomic E-state index is -0.347. The molecule has 4 rings (SSSR count). The summed E-state index contributed by atoms with van der Waals surface area (Å²) in [5.74, 6) is -0.561. The molecule has 0 saturated heterocycles. The van der Waals surface area contributed by atoms with Crippen LogP contribution in [0.4, 0.5) is 4.39 Å². The van der Waals surface area contributed by atoms with Gasteiger partial charge < -0.3 is 9.72 Å². The molecule has 7 heteroatoms. The number of fused-ring (bicyclic) bond motifs is 1. The molecule has 0 bridgehead atoms. The second kappa shape index (κ2) is 7.05. The Kier molecular flexibility index (Phi) is 4.45. The summed E-state index contributed by atoms with van der Waals surface area (Å²) in [6.07, 6.45) is 6.00. The van der Waals surface area contributed by atoms with Crippen molar-refractivity contribution in [3.05, 3.63) is 77.4 Å². The van der Waals surface area contributed by atoms with E-state index in [9.17, 15) is 9.18 Å². The number of thiazole rings is 1. The van der Waals surface area contributed by atoms with Crippen molar-refractivity contribution in [1.29, 1.82) is 0 Å². The second-order valence-corrected chi connectivity index (χ2v) is 6.74. The van der Waals surface area contributed by atoms with Crippen molar-refractivity contribution in [3.63, 3.8) is 0 Å². The third-order valence-electron chi connectivity index (χ3n) is 3.91. The fourth-order valence-corrected chi connectivity index (χ4v) is 3.50. The minimum absolute atomic E-state index is 0.214. The highest BCUT2D eigenvalue weighted by atomic mass is 32.1. The summed E-state index contributed by atoms with van der Waals surface area (Å²) >= 11 is 1.18. The molecule has 5 nitrogen and oxygen atoms in total. The van der Waals surface area contributed by atoms with E-state index >= 15 is 0 Å². The van der Waals surface area contributed by atoms with E-state index in [2.05, 4.69) is 15.3 Å². The van der Waals surface area contributed by atoms with Gasteiger partial charge in [-0.3, -0.25) is 4.79 Å². The van der Waals surface area contributed by atoms with Crippen LogP contribution < -0.4 is 5.32 Å². The van der Waals surface area contributed by atoms with Crippen LogP contribution >= 0.6 is 11.3 Å². The minimum Gasteiger partial charge on any atom is -0.351 e. The van der Waals surface area contributed by atoms with Crippen LogP contribution in [0.3, 0.4) is 0 Å². The predicted octanol–water partition coefficient (Wildman–Crippen LogP) is 3.57. The first-order valence-corrected chi connectivity index (χ1v) is 8.94. The van der Waals surface area contributed by atoms with Gasteiger partial charge in [-0.2, -0.15) is 0 Å². The monoisotopic (exact) mass is 366 g/mol. The highest BCUT2D eigenvalue weighted by molar-refractivity contribution is 7.16. The van der Waals surface area contributed by atoms with Crippen LogP contribution in [-0.4, -0.2) is 26.8 Å². The van der Waals surface area contributed by atoms with Gasteiger partial charge in [-0.25, -0.2) is 14.4 Å². The van der Waals surface area contributed by atoms with E-state index in [1.54, 1.807) is 18.2 Å². The number of rotatable bonds is 5. The molecule has 3 heterocycles. The molecule has 0 fully saturated rings. The van der Waals surface area contributed by atoms with Crippen LogP contribution in [0.15, 0.2) is 61.1 Å². The number of hydrogen-bond donors (Lipinski definition) is 1. The lowest BCUT2D eigenvalue weighted by Crippen LogP contribution is -2.24. The largest absolute Gasteiger partial charge is 0.351 e. The molecule has 0 saturated carbocycles. The Labute approximate surface area is 153 Å². The van der Waals surface area contributed by atoms with E-state index in [4.69, 9.17) is 0 Å². The lowest BCUT2D eigenvalue weighted by atomic mass is 10.2. The zero-order valence-corrected chi connectivity index (χ0v) is 14.5. The standard InChI is InChI=1S/C19H15FN4OS/c20-15-6-2-1-5-14(15)19-22-11-16(26-19)18(25)21-9-8-13-12-24-10-4-3-7-17(24)23-13/h1-7,10-12H,8-9H2,(H,21,25). The van der Waals surface area contributed by atoms with Gasteiger partial charge in [0.15, 0.2) is 0 Å². The maximum absolute atomic E-state index is 13.8. The van der Waals surface area contributed by atoms with Gasteiger partial charge in [-0.05, 0) is 24.3 Å². The van der Waals surface area contributed by atoms with Gasteiger partial charge in [0, 0.05) is 30.9 Å². The summed E-state index contributed by atoms with van der Waals surface area (Å²) in [5.41, 5.74) is 2.19. The molecule has 1 N–H and O–H groups in total. The van der Waals surface area contributed by atoms with E-state index in [0.717, 1.165) is 11.3 Å². The maximum Gasteiger partial charge on any atom is 0.263 e. The molecular weight excluding hydrogens is 351 g/mol. The van der Waals surface area contributed by atoms with Crippen LogP contribution in [0.5, 0.6) is 0 Å². The average Bonchev–Trinajstić information content (AvgIpc) is 3.28. The van der Waals surface area contributed by atoms with Gasteiger partial charge in [0.1, 0.15) is 21.3 Å². The van der Waals surface area contributed by atoms with Crippen LogP contribution in [0, 0.1) is 5.82 Å². The quantitative estimate of drug-likeness (QED) is 0.587. The summed E-state index contributed by atoms with van der Waals surface area (Å²) in [5, 5.41) is 3.35. The summed E-state index contributed by atoms with van der Waals surface area (Å²) < 4.78 is 15.8. The number of nitrogens with one attached hydrogen (secondary N) is 1. The number of benzene rings is 1. The topological polar surface area (TPSA) is 59.3 Å². The Bertz CT molecular complexity index is 1040. The van der Waals surface area contributed by atoms with E-state index in [1.165, 1.54) is 23.6 Å². The van der Waals surface area contributed by atoms with Crippen LogP contribution in [0.2, 0.25) is 0 Å². The first kappa shape index (κ1) is 16.4. The number of imidazole rings is 1. The van der Waals surface area contributed by atoms with Gasteiger partial charge >= 0.3 is 0 Å². The Morgan fingerprint density at radius 3 is 2.88 bits per heavy atom. The van der Waals surface area contributed by atoms with Crippen molar-refractivity contribution in [2.24, 2.45) is 0 Å². The van der Waals surface area contributed by atoms with Crippen molar-refractivity contribution in [1.82, 2.24) is 19.7 Å². The molecule has 1 amide bonds. The smallest absolute Gasteiger partial charge is 0.263 e. The molecule has 130 valence electrons. The summed E-state index contributed by atoms with van der Waals surface area (Å²) in [4.78, 5) is 21.4. The van der Waals surface area contributed by atoms with Gasteiger partial charge in [-0.1, -0.05) is 18.2 Å². The third kappa shape index (κ3) is 3.34. The number of hydrogen-bond acceptors (Lipinski definition) is 4. The summed E-state index contributed by atoms with van der Waals surface area (Å²) in [6, 6.07) is 12.2. The summed E-state index contributed by atoms with van der Waals surface area (Å²) in [7, 11) is 0. The fourth-order valence-electron chi connectivity index (χ4n) is 2.64. The number of nitrogens with zero attached hydrogens (tertiary/aromatic N) is 3. The maximum atomic E-state index is 13.8. The molecule has 4 aromatic rings. The van der Waals surface area contributed by atoms with E-state index < -0.39 is 0 Å². The third-order valence-corrected chi connectivity index (χ3v) is 4.94. The Morgan fingerprint density at radius 2 is 2.04 bits per heavy atom. The molecule has 0 spiro atoms. The number of carbonyl (C=O) groups is 1. The highest BCUT2D eigenvalue weighted by Gasteiger charge is 2.13. The molecule has 0 aliphatic heterocycles. The van der Waals surface area contributed by atoms with Crippen molar-refractivity contribution in [2.75, 3.05) is 6.54 Å². The van der Waals surface area contributed by atoms with Gasteiger partial charge in [0.25, 0.3) is 5.91 Å². The number of halogens is 1. The molecule has 26 heavy (non-hydrogen) atoms. The van der Waals surface area contributed by atoms with Crippen molar-refractivity contribution < 1.29 is 9.18 Å². The van der Waals surface area contributed by atoms with Gasteiger partial charge in [0.05, 0.1) is 11.9 Å². The molecule has 0 unspecified atom stereocenters. The number of carbonyl (C=O) groups excluding carboxylic acids is 1. The molecule has 0 aliphatic carbocycles. The molecule has 0 radical (unpaired) electrons. The van der Waals surface area contributed by atoms with Crippen LogP contribution in [0.1, 0.15) is 15.4 Å². The lowest BCUT2D eigenvalue weighted by Gasteiger charge is -2.01. The van der Waals surface area contributed by atoms with Gasteiger partial charge in [0.2, 0.25) is 0 Å². The lowest BCUT2D eigenvalue weighted by molar-refractivity contribution is 0.0958. The Balaban J connectivity index is 1.38. The van der Waals surface area contributed by atoms with Crippen molar-refractivity contribution in [3.8, 4) is 10.6 Å². The van der Waals surface area contributed by atoms with Gasteiger partial charge in [-0.15, -0.1) is 11.3 Å². The zero-order valence-electron chi connectivity index (χ0n) is 13.7. The fraction of sp³-hybridized carbons (Fsp3) is 0.105. The number of amides is 1.